The highest BCUT2D eigenvalue weighted by Crippen LogP contribution is 2.37. The van der Waals surface area contributed by atoms with E-state index in [1.165, 1.54) is 0 Å². The van der Waals surface area contributed by atoms with Gasteiger partial charge in [-0.25, -0.2) is 0 Å². The van der Waals surface area contributed by atoms with Gasteiger partial charge in [0, 0.05) is 35.6 Å². The molecule has 4 rings (SSSR count). The normalized spacial score (nSPS) is 21.2. The summed E-state index contributed by atoms with van der Waals surface area (Å²) in [4.78, 5) is 15.5. The second kappa shape index (κ2) is 8.69. The van der Waals surface area contributed by atoms with Gasteiger partial charge in [-0.15, -0.1) is 0 Å². The third kappa shape index (κ3) is 4.13. The first-order valence-corrected chi connectivity index (χ1v) is 11.2. The summed E-state index contributed by atoms with van der Waals surface area (Å²) in [7, 11) is 3.21. The lowest BCUT2D eigenvalue weighted by molar-refractivity contribution is -0.0283. The topological polar surface area (TPSA) is 59.0 Å². The number of benzene rings is 2. The summed E-state index contributed by atoms with van der Waals surface area (Å²) >= 11 is 3.49. The first kappa shape index (κ1) is 21.3. The Morgan fingerprint density at radius 1 is 1.13 bits per heavy atom. The highest BCUT2D eigenvalue weighted by molar-refractivity contribution is 9.10. The molecule has 1 aliphatic heterocycles. The maximum Gasteiger partial charge on any atom is 0.167 e. The lowest BCUT2D eigenvalue weighted by Gasteiger charge is -2.40. The molecule has 160 valence electrons. The van der Waals surface area contributed by atoms with Crippen LogP contribution in [0.2, 0.25) is 0 Å². The number of rotatable bonds is 5. The quantitative estimate of drug-likeness (QED) is 0.704. The molecular weight excluding hydrogens is 446 g/mol. The van der Waals surface area contributed by atoms with Crippen LogP contribution in [0.3, 0.4) is 0 Å². The maximum absolute atomic E-state index is 13.2. The molecule has 6 heteroatoms. The number of aliphatic hydroxyl groups is 1. The fourth-order valence-corrected chi connectivity index (χ4v) is 5.10. The molecule has 0 amide bonds. The Hall–Kier alpha value is -1.89. The summed E-state index contributed by atoms with van der Waals surface area (Å²) in [5.41, 5.74) is 1.95. The fourth-order valence-electron chi connectivity index (χ4n) is 4.70. The number of halogens is 1. The lowest BCUT2D eigenvalue weighted by Crippen LogP contribution is -2.45. The standard InChI is InChI=1S/C24H28BrNO4/c1-29-21-12-16-6-7-17(23(27)20(16)14-22(21)30-2)15-26-10-8-24(28,9-11-26)18-4-3-5-19(25)13-18/h3-5,12-14,17,28H,6-11,15H2,1-2H3. The summed E-state index contributed by atoms with van der Waals surface area (Å²) in [6.07, 6.45) is 3.05. The number of nitrogens with zero attached hydrogens (tertiary/aromatic N) is 1. The van der Waals surface area contributed by atoms with E-state index in [4.69, 9.17) is 9.47 Å². The van der Waals surface area contributed by atoms with Crippen LogP contribution in [-0.4, -0.2) is 49.6 Å². The van der Waals surface area contributed by atoms with Crippen molar-refractivity contribution in [1.82, 2.24) is 4.90 Å². The van der Waals surface area contributed by atoms with Gasteiger partial charge in [0.1, 0.15) is 0 Å². The van der Waals surface area contributed by atoms with Crippen LogP contribution in [0.15, 0.2) is 40.9 Å². The number of aryl methyl sites for hydroxylation is 1. The Bertz CT molecular complexity index is 937. The number of ether oxygens (including phenoxy) is 2. The van der Waals surface area contributed by atoms with Gasteiger partial charge in [-0.05, 0) is 61.1 Å². The predicted molar refractivity (Wildman–Crippen MR) is 119 cm³/mol. The van der Waals surface area contributed by atoms with E-state index < -0.39 is 5.60 Å². The number of ketones is 1. The van der Waals surface area contributed by atoms with E-state index in [0.717, 1.165) is 53.6 Å². The van der Waals surface area contributed by atoms with E-state index in [2.05, 4.69) is 20.8 Å². The largest absolute Gasteiger partial charge is 0.493 e. The lowest BCUT2D eigenvalue weighted by atomic mass is 9.80. The zero-order chi connectivity index (χ0) is 21.3. The van der Waals surface area contributed by atoms with Gasteiger partial charge in [0.05, 0.1) is 19.8 Å². The number of methoxy groups -OCH3 is 2. The average molecular weight is 474 g/mol. The highest BCUT2D eigenvalue weighted by Gasteiger charge is 2.36. The number of likely N-dealkylation sites (tertiary alicyclic amines) is 1. The molecule has 0 spiro atoms. The van der Waals surface area contributed by atoms with Gasteiger partial charge < -0.3 is 19.5 Å². The first-order valence-electron chi connectivity index (χ1n) is 10.4. The molecule has 2 aromatic carbocycles. The Kier molecular flexibility index (Phi) is 6.19. The number of hydrogen-bond acceptors (Lipinski definition) is 5. The summed E-state index contributed by atoms with van der Waals surface area (Å²) < 4.78 is 11.7. The van der Waals surface area contributed by atoms with Gasteiger partial charge in [0.15, 0.2) is 17.3 Å². The van der Waals surface area contributed by atoms with Crippen LogP contribution in [0, 0.1) is 5.92 Å². The monoisotopic (exact) mass is 473 g/mol. The van der Waals surface area contributed by atoms with Crippen LogP contribution >= 0.6 is 15.9 Å². The number of hydrogen-bond donors (Lipinski definition) is 1. The summed E-state index contributed by atoms with van der Waals surface area (Å²) in [6.45, 7) is 2.30. The molecule has 1 fully saturated rings. The third-order valence-electron chi connectivity index (χ3n) is 6.53. The van der Waals surface area contributed by atoms with Gasteiger partial charge in [-0.3, -0.25) is 4.79 Å². The Balaban J connectivity index is 1.42. The van der Waals surface area contributed by atoms with Crippen molar-refractivity contribution in [2.45, 2.75) is 31.3 Å². The minimum Gasteiger partial charge on any atom is -0.493 e. The van der Waals surface area contributed by atoms with Gasteiger partial charge >= 0.3 is 0 Å². The van der Waals surface area contributed by atoms with Crippen molar-refractivity contribution in [2.75, 3.05) is 33.9 Å². The Morgan fingerprint density at radius 2 is 1.83 bits per heavy atom. The summed E-state index contributed by atoms with van der Waals surface area (Å²) in [6, 6.07) is 11.7. The van der Waals surface area contributed by atoms with Crippen LogP contribution < -0.4 is 9.47 Å². The van der Waals surface area contributed by atoms with E-state index in [1.54, 1.807) is 14.2 Å². The molecule has 1 saturated heterocycles. The minimum atomic E-state index is -0.798. The van der Waals surface area contributed by atoms with Gasteiger partial charge in [-0.1, -0.05) is 28.1 Å². The SMILES string of the molecule is COc1cc2c(cc1OC)C(=O)C(CN1CCC(O)(c3cccc(Br)c3)CC1)CC2. The van der Waals surface area contributed by atoms with E-state index in [-0.39, 0.29) is 11.7 Å². The number of Topliss-reactive ketones (excluding diaryl/α,β-unsaturated/α-hetero) is 1. The van der Waals surface area contributed by atoms with Crippen LogP contribution in [0.4, 0.5) is 0 Å². The van der Waals surface area contributed by atoms with Crippen molar-refractivity contribution >= 4 is 21.7 Å². The predicted octanol–water partition coefficient (Wildman–Crippen LogP) is 4.20. The number of piperidine rings is 1. The molecule has 1 atom stereocenters. The molecule has 5 nitrogen and oxygen atoms in total. The molecule has 1 N–H and O–H groups in total. The van der Waals surface area contributed by atoms with Crippen LogP contribution in [0.5, 0.6) is 11.5 Å². The number of carbonyl (C=O) groups excluding carboxylic acids is 1. The molecule has 0 bridgehead atoms. The molecule has 0 aromatic heterocycles. The summed E-state index contributed by atoms with van der Waals surface area (Å²) in [5, 5.41) is 11.1. The molecule has 1 heterocycles. The molecule has 1 unspecified atom stereocenters. The number of carbonyl (C=O) groups is 1. The van der Waals surface area contributed by atoms with E-state index in [1.807, 2.05) is 36.4 Å². The highest BCUT2D eigenvalue weighted by atomic mass is 79.9. The molecular formula is C24H28BrNO4. The first-order chi connectivity index (χ1) is 14.4. The van der Waals surface area contributed by atoms with Crippen molar-refractivity contribution < 1.29 is 19.4 Å². The fraction of sp³-hybridized carbons (Fsp3) is 0.458. The molecule has 30 heavy (non-hydrogen) atoms. The van der Waals surface area contributed by atoms with Gasteiger partial charge in [-0.2, -0.15) is 0 Å². The molecule has 2 aromatic rings. The summed E-state index contributed by atoms with van der Waals surface area (Å²) in [5.74, 6) is 1.44. The number of fused-ring (bicyclic) bond motifs is 1. The maximum atomic E-state index is 13.2. The van der Waals surface area contributed by atoms with E-state index in [9.17, 15) is 9.90 Å². The minimum absolute atomic E-state index is 0.0207. The molecule has 0 radical (unpaired) electrons. The van der Waals surface area contributed by atoms with E-state index >= 15 is 0 Å². The van der Waals surface area contributed by atoms with Gasteiger partial charge in [0.25, 0.3) is 0 Å². The molecule has 0 saturated carbocycles. The van der Waals surface area contributed by atoms with Crippen molar-refractivity contribution in [3.05, 3.63) is 57.6 Å². The van der Waals surface area contributed by atoms with E-state index in [0.29, 0.717) is 24.3 Å². The zero-order valence-electron chi connectivity index (χ0n) is 17.5. The average Bonchev–Trinajstić information content (AvgIpc) is 2.76. The second-order valence-electron chi connectivity index (χ2n) is 8.31. The Labute approximate surface area is 186 Å². The van der Waals surface area contributed by atoms with Gasteiger partial charge in [0.2, 0.25) is 0 Å². The third-order valence-corrected chi connectivity index (χ3v) is 7.02. The molecule has 1 aliphatic carbocycles. The Morgan fingerprint density at radius 3 is 2.50 bits per heavy atom. The zero-order valence-corrected chi connectivity index (χ0v) is 19.1. The van der Waals surface area contributed by atoms with Crippen LogP contribution in [0.25, 0.3) is 0 Å². The smallest absolute Gasteiger partial charge is 0.167 e. The van der Waals surface area contributed by atoms with Crippen LogP contribution in [-0.2, 0) is 12.0 Å². The van der Waals surface area contributed by atoms with Crippen molar-refractivity contribution in [3.8, 4) is 11.5 Å². The van der Waals surface area contributed by atoms with Crippen molar-refractivity contribution in [3.63, 3.8) is 0 Å². The van der Waals surface area contributed by atoms with Crippen molar-refractivity contribution in [1.29, 1.82) is 0 Å². The second-order valence-corrected chi connectivity index (χ2v) is 9.22. The van der Waals surface area contributed by atoms with Crippen molar-refractivity contribution in [2.24, 2.45) is 5.92 Å². The van der Waals surface area contributed by atoms with Crippen LogP contribution in [0.1, 0.15) is 40.7 Å². The molecule has 2 aliphatic rings.